The van der Waals surface area contributed by atoms with Gasteiger partial charge in [-0.3, -0.25) is 0 Å². The first-order valence-electron chi connectivity index (χ1n) is 12.3. The van der Waals surface area contributed by atoms with Gasteiger partial charge in [-0.1, -0.05) is 32.0 Å². The second-order valence-electron chi connectivity index (χ2n) is 11.4. The molecule has 5 rings (SSSR count). The Balaban J connectivity index is 1.32. The molecule has 0 heterocycles. The average Bonchev–Trinajstić information content (AvgIpc) is 3.22. The molecule has 4 aliphatic carbocycles. The van der Waals surface area contributed by atoms with Crippen LogP contribution in [0.1, 0.15) is 82.5 Å². The second-order valence-corrected chi connectivity index (χ2v) is 11.4. The fraction of sp³-hybridized carbons (Fsp3) is 0.741. The molecule has 0 spiro atoms. The zero-order valence-corrected chi connectivity index (χ0v) is 18.8. The van der Waals surface area contributed by atoms with Gasteiger partial charge in [0.25, 0.3) is 0 Å². The van der Waals surface area contributed by atoms with Crippen molar-refractivity contribution in [2.75, 3.05) is 0 Å². The molecule has 0 amide bonds. The molecule has 9 atom stereocenters. The lowest BCUT2D eigenvalue weighted by Gasteiger charge is -2.51. The zero-order chi connectivity index (χ0) is 21.1. The largest absolute Gasteiger partial charge is 0.459 e. The summed E-state index contributed by atoms with van der Waals surface area (Å²) in [6.45, 7) is 7.16. The van der Waals surface area contributed by atoms with E-state index in [1.54, 1.807) is 0 Å². The Bertz CT molecular complexity index is 791. The Morgan fingerprint density at radius 2 is 1.70 bits per heavy atom. The maximum Gasteiger partial charge on any atom is 0.338 e. The zero-order valence-electron chi connectivity index (χ0n) is 18.8. The molecule has 164 valence electrons. The molecule has 1 aromatic rings. The maximum atomic E-state index is 12.7. The smallest absolute Gasteiger partial charge is 0.338 e. The van der Waals surface area contributed by atoms with E-state index < -0.39 is 0 Å². The van der Waals surface area contributed by atoms with Crippen molar-refractivity contribution in [2.24, 2.45) is 40.4 Å². The topological polar surface area (TPSA) is 46.5 Å². The molecule has 1 N–H and O–H groups in total. The number of rotatable bonds is 3. The van der Waals surface area contributed by atoms with Gasteiger partial charge in [-0.05, 0) is 105 Å². The first kappa shape index (κ1) is 20.5. The van der Waals surface area contributed by atoms with Gasteiger partial charge in [-0.15, -0.1) is 0 Å². The summed E-state index contributed by atoms with van der Waals surface area (Å²) in [6, 6.07) is 9.41. The van der Waals surface area contributed by atoms with E-state index in [1.165, 1.54) is 38.5 Å². The van der Waals surface area contributed by atoms with E-state index in [-0.39, 0.29) is 23.6 Å². The van der Waals surface area contributed by atoms with E-state index in [0.29, 0.717) is 22.8 Å². The minimum absolute atomic E-state index is 0.0367. The Hall–Kier alpha value is -1.35. The monoisotopic (exact) mass is 410 g/mol. The van der Waals surface area contributed by atoms with Gasteiger partial charge < -0.3 is 9.84 Å². The van der Waals surface area contributed by atoms with Crippen molar-refractivity contribution in [3.05, 3.63) is 35.9 Å². The highest BCUT2D eigenvalue weighted by atomic mass is 16.5. The van der Waals surface area contributed by atoms with Crippen LogP contribution < -0.4 is 0 Å². The number of aliphatic hydroxyl groups is 1. The Morgan fingerprint density at radius 1 is 1.00 bits per heavy atom. The van der Waals surface area contributed by atoms with E-state index >= 15 is 0 Å². The fourth-order valence-electron chi connectivity index (χ4n) is 8.72. The summed E-state index contributed by atoms with van der Waals surface area (Å²) in [5.41, 5.74) is 1.37. The van der Waals surface area contributed by atoms with Gasteiger partial charge >= 0.3 is 5.97 Å². The first-order chi connectivity index (χ1) is 14.3. The van der Waals surface area contributed by atoms with E-state index in [4.69, 9.17) is 4.74 Å². The molecule has 0 radical (unpaired) electrons. The molecule has 30 heavy (non-hydrogen) atoms. The maximum absolute atomic E-state index is 12.7. The van der Waals surface area contributed by atoms with Crippen molar-refractivity contribution in [3.8, 4) is 0 Å². The number of benzene rings is 1. The molecule has 0 aromatic heterocycles. The van der Waals surface area contributed by atoms with Crippen LogP contribution in [0.15, 0.2) is 30.3 Å². The number of carbonyl (C=O) groups is 1. The summed E-state index contributed by atoms with van der Waals surface area (Å²) in [6.07, 6.45) is 9.45. The van der Waals surface area contributed by atoms with Gasteiger partial charge in [0, 0.05) is 5.92 Å². The third-order valence-electron chi connectivity index (χ3n) is 10.3. The lowest BCUT2D eigenvalue weighted by molar-refractivity contribution is -0.0545. The van der Waals surface area contributed by atoms with Crippen LogP contribution >= 0.6 is 0 Å². The molecule has 0 bridgehead atoms. The second kappa shape index (κ2) is 7.36. The standard InChI is InChI=1S/C27H38O3/c1-17(30-25(29)18-7-5-4-6-8-18)22-9-10-23-21-16-19-15-20(28)11-13-26(19,2)24(21)12-14-27(22,23)3/h4-8,17,19-24,28H,9-16H2,1-3H3/t17-,19-,20+,21+,22-,23+,24+,26+,27-/m1/s1. The number of carbonyl (C=O) groups excluding carboxylic acids is 1. The Morgan fingerprint density at radius 3 is 2.47 bits per heavy atom. The Labute approximate surface area is 181 Å². The number of esters is 1. The van der Waals surface area contributed by atoms with Crippen LogP contribution in [-0.4, -0.2) is 23.3 Å². The highest BCUT2D eigenvalue weighted by Crippen LogP contribution is 2.69. The van der Waals surface area contributed by atoms with Crippen LogP contribution in [0.2, 0.25) is 0 Å². The average molecular weight is 411 g/mol. The van der Waals surface area contributed by atoms with E-state index in [0.717, 1.165) is 30.6 Å². The molecule has 4 aliphatic rings. The van der Waals surface area contributed by atoms with Gasteiger partial charge in [0.15, 0.2) is 0 Å². The molecule has 0 aliphatic heterocycles. The first-order valence-corrected chi connectivity index (χ1v) is 12.3. The van der Waals surface area contributed by atoms with E-state index in [1.807, 2.05) is 30.3 Å². The van der Waals surface area contributed by atoms with Crippen molar-refractivity contribution >= 4 is 5.97 Å². The number of aliphatic hydroxyl groups excluding tert-OH is 1. The predicted molar refractivity (Wildman–Crippen MR) is 118 cm³/mol. The third kappa shape index (κ3) is 3.06. The van der Waals surface area contributed by atoms with Crippen molar-refractivity contribution in [1.82, 2.24) is 0 Å². The Kier molecular flexibility index (Phi) is 5.04. The van der Waals surface area contributed by atoms with Gasteiger partial charge in [-0.2, -0.15) is 0 Å². The fourth-order valence-corrected chi connectivity index (χ4v) is 8.72. The van der Waals surface area contributed by atoms with Crippen LogP contribution in [0, 0.1) is 40.4 Å². The van der Waals surface area contributed by atoms with Gasteiger partial charge in [-0.25, -0.2) is 4.79 Å². The molecule has 0 unspecified atom stereocenters. The highest BCUT2D eigenvalue weighted by Gasteiger charge is 2.63. The minimum atomic E-state index is -0.183. The summed E-state index contributed by atoms with van der Waals surface area (Å²) >= 11 is 0. The molecule has 3 heteroatoms. The van der Waals surface area contributed by atoms with Crippen LogP contribution in [0.4, 0.5) is 0 Å². The lowest BCUT2D eigenvalue weighted by atomic mass is 9.54. The quantitative estimate of drug-likeness (QED) is 0.635. The van der Waals surface area contributed by atoms with Gasteiger partial charge in [0.05, 0.1) is 11.7 Å². The van der Waals surface area contributed by atoms with Crippen molar-refractivity contribution in [2.45, 2.75) is 84.3 Å². The van der Waals surface area contributed by atoms with Crippen LogP contribution in [0.5, 0.6) is 0 Å². The molecular weight excluding hydrogens is 372 g/mol. The van der Waals surface area contributed by atoms with Crippen molar-refractivity contribution in [1.29, 1.82) is 0 Å². The van der Waals surface area contributed by atoms with Crippen LogP contribution in [0.3, 0.4) is 0 Å². The number of fused-ring (bicyclic) bond motifs is 5. The van der Waals surface area contributed by atoms with Crippen molar-refractivity contribution in [3.63, 3.8) is 0 Å². The van der Waals surface area contributed by atoms with E-state index in [2.05, 4.69) is 20.8 Å². The number of ether oxygens (including phenoxy) is 1. The molecule has 0 saturated heterocycles. The summed E-state index contributed by atoms with van der Waals surface area (Å²) < 4.78 is 6.00. The summed E-state index contributed by atoms with van der Waals surface area (Å²) in [7, 11) is 0. The van der Waals surface area contributed by atoms with Crippen LogP contribution in [-0.2, 0) is 4.74 Å². The molecule has 4 fully saturated rings. The summed E-state index contributed by atoms with van der Waals surface area (Å²) in [4.78, 5) is 12.7. The third-order valence-corrected chi connectivity index (χ3v) is 10.3. The van der Waals surface area contributed by atoms with Gasteiger partial charge in [0.2, 0.25) is 0 Å². The molecule has 1 aromatic carbocycles. The number of hydrogen-bond acceptors (Lipinski definition) is 3. The lowest BCUT2D eigenvalue weighted by Crippen LogP contribution is -2.46. The predicted octanol–water partition coefficient (Wildman–Crippen LogP) is 5.86. The molecular formula is C27H38O3. The van der Waals surface area contributed by atoms with E-state index in [9.17, 15) is 9.90 Å². The molecule has 4 saturated carbocycles. The highest BCUT2D eigenvalue weighted by molar-refractivity contribution is 5.89. The SMILES string of the molecule is C[C@@H](OC(=O)c1ccccc1)[C@H]1CC[C@H]2[C@@H]3C[C@H]4C[C@@H](O)CC[C@]4(C)[C@H]3CC[C@]12C. The summed E-state index contributed by atoms with van der Waals surface area (Å²) in [5, 5.41) is 10.3. The van der Waals surface area contributed by atoms with Crippen molar-refractivity contribution < 1.29 is 14.6 Å². The normalized spacial score (nSPS) is 45.9. The van der Waals surface area contributed by atoms with Gasteiger partial charge in [0.1, 0.15) is 6.10 Å². The number of hydrogen-bond donors (Lipinski definition) is 1. The molecule has 3 nitrogen and oxygen atoms in total. The minimum Gasteiger partial charge on any atom is -0.459 e. The van der Waals surface area contributed by atoms with Crippen LogP contribution in [0.25, 0.3) is 0 Å². The summed E-state index contributed by atoms with van der Waals surface area (Å²) in [5.74, 6) is 3.35.